The van der Waals surface area contributed by atoms with Gasteiger partial charge in [-0.1, -0.05) is 157 Å². The lowest BCUT2D eigenvalue weighted by atomic mass is 9.58. The van der Waals surface area contributed by atoms with Crippen LogP contribution in [0.3, 0.4) is 0 Å². The van der Waals surface area contributed by atoms with Gasteiger partial charge in [0.1, 0.15) is 11.0 Å². The minimum Gasteiger partial charge on any atom is -0.384 e. The Labute approximate surface area is 315 Å². The van der Waals surface area contributed by atoms with Crippen molar-refractivity contribution in [2.75, 3.05) is 9.80 Å². The highest BCUT2D eigenvalue weighted by Crippen LogP contribution is 2.72. The first-order valence-electron chi connectivity index (χ1n) is 18.5. The van der Waals surface area contributed by atoms with Crippen molar-refractivity contribution in [3.05, 3.63) is 202 Å². The van der Waals surface area contributed by atoms with Crippen LogP contribution in [0.2, 0.25) is 0 Å². The van der Waals surface area contributed by atoms with Crippen LogP contribution in [0.5, 0.6) is 0 Å². The Kier molecular flexibility index (Phi) is 7.80. The number of fused-ring (bicyclic) bond motifs is 4. The maximum absolute atomic E-state index is 16.1. The quantitative estimate of drug-likeness (QED) is 0.169. The van der Waals surface area contributed by atoms with Crippen molar-refractivity contribution in [3.63, 3.8) is 0 Å². The second-order valence-electron chi connectivity index (χ2n) is 15.1. The number of carbonyl (C=O) groups excluding carboxylic acids is 3. The van der Waals surface area contributed by atoms with E-state index in [1.54, 1.807) is 34.1 Å². The Hall–Kier alpha value is -6.11. The average molecular weight is 709 g/mol. The van der Waals surface area contributed by atoms with Gasteiger partial charge in [0.05, 0.1) is 24.4 Å². The molecule has 2 aliphatic heterocycles. The van der Waals surface area contributed by atoms with Gasteiger partial charge in [0.2, 0.25) is 11.8 Å². The average Bonchev–Trinajstić information content (AvgIpc) is 3.69. The molecule has 2 amide bonds. The highest BCUT2D eigenvalue weighted by atomic mass is 16.3. The number of benzene rings is 6. The van der Waals surface area contributed by atoms with E-state index in [0.29, 0.717) is 33.6 Å². The van der Waals surface area contributed by atoms with E-state index in [4.69, 9.17) is 0 Å². The molecule has 4 atom stereocenters. The van der Waals surface area contributed by atoms with E-state index in [1.165, 1.54) is 0 Å². The number of aryl methyl sites for hydroxylation is 2. The second kappa shape index (κ2) is 12.5. The van der Waals surface area contributed by atoms with Crippen LogP contribution in [-0.2, 0) is 39.1 Å². The number of carbonyl (C=O) groups is 3. The number of hydrogen-bond acceptors (Lipinski definition) is 4. The Morgan fingerprint density at radius 1 is 0.611 bits per heavy atom. The van der Waals surface area contributed by atoms with Crippen LogP contribution in [0.1, 0.15) is 55.7 Å². The maximum atomic E-state index is 16.1. The van der Waals surface area contributed by atoms with Gasteiger partial charge in [-0.2, -0.15) is 0 Å². The molecule has 0 radical (unpaired) electrons. The topological polar surface area (TPSA) is 77.9 Å². The number of Topliss-reactive ketones (excluding diaryl/α,β-unsaturated/α-hetero) is 1. The SMILES string of the molecule is Cc1ccc2c(c1)[C@@]1(C(=O)N2Cc2ccccc2)[C@H](C(=O)c2ccccc2)[C@]2(C[C@]1(O)c1ccccc1)C(=O)N(Cc1ccccc1)c1ccc(C)cc12. The van der Waals surface area contributed by atoms with Crippen LogP contribution >= 0.6 is 0 Å². The summed E-state index contributed by atoms with van der Waals surface area (Å²) in [6.45, 7) is 4.43. The predicted molar refractivity (Wildman–Crippen MR) is 210 cm³/mol. The Morgan fingerprint density at radius 2 is 1.07 bits per heavy atom. The van der Waals surface area contributed by atoms with Gasteiger partial charge >= 0.3 is 0 Å². The molecule has 6 heteroatoms. The third-order valence-corrected chi connectivity index (χ3v) is 12.1. The van der Waals surface area contributed by atoms with E-state index in [2.05, 4.69) is 0 Å². The molecule has 266 valence electrons. The van der Waals surface area contributed by atoms with Crippen molar-refractivity contribution in [1.82, 2.24) is 0 Å². The zero-order chi connectivity index (χ0) is 37.2. The first kappa shape index (κ1) is 33.7. The fourth-order valence-corrected chi connectivity index (χ4v) is 9.81. The Bertz CT molecular complexity index is 2430. The smallest absolute Gasteiger partial charge is 0.242 e. The molecule has 3 aliphatic rings. The first-order chi connectivity index (χ1) is 26.2. The number of amides is 2. The standard InChI is InChI=1S/C48H40N2O4/c1-32-23-25-40-38(27-32)46(44(52)49(40)29-34-15-7-3-8-16-34)31-47(54,37-21-13-6-14-22-37)48(43(46)42(51)36-19-11-5-12-20-36)39-28-33(2)24-26-41(39)50(45(48)53)30-35-17-9-4-10-18-35/h3-28,43,54H,29-31H2,1-2H3/t43-,46-,47+,48+/m1/s1. The van der Waals surface area contributed by atoms with Crippen LogP contribution in [0.25, 0.3) is 0 Å². The summed E-state index contributed by atoms with van der Waals surface area (Å²) in [4.78, 5) is 51.4. The molecule has 6 aromatic rings. The number of ketones is 1. The van der Waals surface area contributed by atoms with Crippen molar-refractivity contribution < 1.29 is 19.5 Å². The molecule has 0 saturated heterocycles. The largest absolute Gasteiger partial charge is 0.384 e. The summed E-state index contributed by atoms with van der Waals surface area (Å²) in [6, 6.07) is 49.5. The summed E-state index contributed by atoms with van der Waals surface area (Å²) in [6.07, 6.45) is -0.174. The van der Waals surface area contributed by atoms with Gasteiger partial charge in [-0.15, -0.1) is 0 Å². The number of hydrogen-bond donors (Lipinski definition) is 1. The summed E-state index contributed by atoms with van der Waals surface area (Å²) >= 11 is 0. The summed E-state index contributed by atoms with van der Waals surface area (Å²) in [5.74, 6) is -2.36. The lowest BCUT2D eigenvalue weighted by molar-refractivity contribution is -0.135. The number of anilines is 2. The third-order valence-electron chi connectivity index (χ3n) is 12.1. The van der Waals surface area contributed by atoms with Crippen molar-refractivity contribution in [3.8, 4) is 0 Å². The number of aliphatic hydroxyl groups is 1. The monoisotopic (exact) mass is 708 g/mol. The fraction of sp³-hybridized carbons (Fsp3) is 0.188. The zero-order valence-electron chi connectivity index (χ0n) is 30.3. The number of rotatable bonds is 7. The minimum atomic E-state index is -1.99. The molecule has 0 unspecified atom stereocenters. The van der Waals surface area contributed by atoms with Gasteiger partial charge in [0, 0.05) is 23.4 Å². The summed E-state index contributed by atoms with van der Waals surface area (Å²) in [5, 5.41) is 14.0. The summed E-state index contributed by atoms with van der Waals surface area (Å²) in [7, 11) is 0. The normalized spacial score (nSPS) is 24.0. The second-order valence-corrected chi connectivity index (χ2v) is 15.1. The molecule has 2 spiro atoms. The molecule has 6 nitrogen and oxygen atoms in total. The highest BCUT2D eigenvalue weighted by molar-refractivity contribution is 6.20. The molecule has 0 bridgehead atoms. The van der Waals surface area contributed by atoms with E-state index in [1.807, 2.05) is 147 Å². The molecule has 54 heavy (non-hydrogen) atoms. The van der Waals surface area contributed by atoms with Gasteiger partial charge in [0.25, 0.3) is 0 Å². The van der Waals surface area contributed by atoms with Crippen LogP contribution in [0, 0.1) is 19.8 Å². The summed E-state index contributed by atoms with van der Waals surface area (Å²) < 4.78 is 0. The highest BCUT2D eigenvalue weighted by Gasteiger charge is 2.82. The fourth-order valence-electron chi connectivity index (χ4n) is 9.81. The van der Waals surface area contributed by atoms with E-state index in [-0.39, 0.29) is 31.2 Å². The first-order valence-corrected chi connectivity index (χ1v) is 18.5. The zero-order valence-corrected chi connectivity index (χ0v) is 30.3. The molecule has 1 fully saturated rings. The van der Waals surface area contributed by atoms with E-state index in [9.17, 15) is 5.11 Å². The van der Waals surface area contributed by atoms with Gasteiger partial charge < -0.3 is 14.9 Å². The van der Waals surface area contributed by atoms with E-state index < -0.39 is 28.3 Å². The van der Waals surface area contributed by atoms with Gasteiger partial charge in [0.15, 0.2) is 5.78 Å². The van der Waals surface area contributed by atoms with Crippen molar-refractivity contribution in [1.29, 1.82) is 0 Å². The molecule has 6 aromatic carbocycles. The van der Waals surface area contributed by atoms with Crippen LogP contribution in [0.15, 0.2) is 158 Å². The lowest BCUT2D eigenvalue weighted by Crippen LogP contribution is -2.59. The number of nitrogens with zero attached hydrogens (tertiary/aromatic N) is 2. The van der Waals surface area contributed by atoms with Crippen molar-refractivity contribution in [2.45, 2.75) is 49.8 Å². The van der Waals surface area contributed by atoms with Gasteiger partial charge in [-0.3, -0.25) is 14.4 Å². The predicted octanol–water partition coefficient (Wildman–Crippen LogP) is 8.36. The van der Waals surface area contributed by atoms with Gasteiger partial charge in [-0.25, -0.2) is 0 Å². The maximum Gasteiger partial charge on any atom is 0.242 e. The van der Waals surface area contributed by atoms with Crippen LogP contribution in [-0.4, -0.2) is 22.7 Å². The summed E-state index contributed by atoms with van der Waals surface area (Å²) in [5.41, 5.74) is 1.52. The molecule has 2 heterocycles. The molecule has 9 rings (SSSR count). The van der Waals surface area contributed by atoms with Crippen molar-refractivity contribution >= 4 is 29.0 Å². The van der Waals surface area contributed by atoms with Gasteiger partial charge in [-0.05, 0) is 53.8 Å². The molecular formula is C48H40N2O4. The van der Waals surface area contributed by atoms with E-state index in [0.717, 1.165) is 22.3 Å². The third kappa shape index (κ3) is 4.66. The van der Waals surface area contributed by atoms with Crippen LogP contribution in [0.4, 0.5) is 11.4 Å². The Balaban J connectivity index is 1.39. The molecule has 1 aliphatic carbocycles. The lowest BCUT2D eigenvalue weighted by Gasteiger charge is -2.42. The molecule has 0 aromatic heterocycles. The Morgan fingerprint density at radius 3 is 1.63 bits per heavy atom. The van der Waals surface area contributed by atoms with Crippen LogP contribution < -0.4 is 9.80 Å². The van der Waals surface area contributed by atoms with Crippen molar-refractivity contribution in [2.24, 2.45) is 5.92 Å². The molecular weight excluding hydrogens is 669 g/mol. The molecule has 1 saturated carbocycles. The minimum absolute atomic E-state index is 0.174. The van der Waals surface area contributed by atoms with E-state index >= 15 is 14.4 Å². The molecule has 1 N–H and O–H groups in total.